The first-order valence-electron chi connectivity index (χ1n) is 3.32. The van der Waals surface area contributed by atoms with Crippen LogP contribution < -0.4 is 22.9 Å². The molecule has 0 aliphatic carbocycles. The molecule has 0 bridgehead atoms. The molecular weight excluding hydrogens is 172 g/mol. The summed E-state index contributed by atoms with van der Waals surface area (Å²) in [5.41, 5.74) is 22.0. The smallest absolute Gasteiger partial charge is 0.402 e. The molecule has 0 atom stereocenters. The van der Waals surface area contributed by atoms with Crippen LogP contribution in [0.4, 0.5) is 21.9 Å². The molecule has 0 aliphatic heterocycles. The van der Waals surface area contributed by atoms with Gasteiger partial charge in [0.2, 0.25) is 0 Å². The van der Waals surface area contributed by atoms with Gasteiger partial charge in [-0.2, -0.15) is 0 Å². The molecule has 0 fully saturated rings. The zero-order chi connectivity index (χ0) is 10.4. The molecule has 72 valence electrons. The first-order valence-corrected chi connectivity index (χ1v) is 3.32. The molecule has 1 amide bonds. The van der Waals surface area contributed by atoms with Crippen molar-refractivity contribution in [2.75, 3.05) is 17.2 Å². The van der Waals surface area contributed by atoms with Crippen molar-refractivity contribution in [2.24, 2.45) is 5.73 Å². The molecule has 0 unspecified atom stereocenters. The Labute approximate surface area is 75.1 Å². The number of nitrogens with two attached hydrogens (primary N) is 4. The summed E-state index contributed by atoms with van der Waals surface area (Å²) in [7, 11) is 0. The van der Waals surface area contributed by atoms with Gasteiger partial charge in [0.05, 0.1) is 11.4 Å². The average Bonchev–Trinajstić information content (AvgIpc) is 1.96. The molecule has 1 rings (SSSR count). The molecule has 1 aromatic rings. The fourth-order valence-corrected chi connectivity index (χ4v) is 0.593. The third-order valence-corrected chi connectivity index (χ3v) is 1.11. The van der Waals surface area contributed by atoms with Gasteiger partial charge in [-0.3, -0.25) is 0 Å². The molecule has 0 spiro atoms. The SMILES string of the molecule is NC(=O)O.Nc1ccc(N)c(N)c1. The number of benzene rings is 1. The van der Waals surface area contributed by atoms with E-state index in [1.54, 1.807) is 18.2 Å². The van der Waals surface area contributed by atoms with E-state index in [1.807, 2.05) is 0 Å². The molecule has 0 aromatic heterocycles. The molecular formula is C7H12N4O2. The lowest BCUT2D eigenvalue weighted by molar-refractivity contribution is 0.205. The highest BCUT2D eigenvalue weighted by atomic mass is 16.4. The van der Waals surface area contributed by atoms with Gasteiger partial charge in [-0.1, -0.05) is 0 Å². The fourth-order valence-electron chi connectivity index (χ4n) is 0.593. The zero-order valence-electron chi connectivity index (χ0n) is 6.90. The summed E-state index contributed by atoms with van der Waals surface area (Å²) in [4.78, 5) is 8.78. The summed E-state index contributed by atoms with van der Waals surface area (Å²) in [5, 5.41) is 7.19. The molecule has 13 heavy (non-hydrogen) atoms. The van der Waals surface area contributed by atoms with Gasteiger partial charge in [-0.05, 0) is 18.2 Å². The number of primary amides is 1. The largest absolute Gasteiger partial charge is 0.465 e. The number of carbonyl (C=O) groups is 1. The van der Waals surface area contributed by atoms with Crippen molar-refractivity contribution >= 4 is 23.2 Å². The molecule has 0 saturated carbocycles. The summed E-state index contributed by atoms with van der Waals surface area (Å²) in [6.07, 6.45) is -1.33. The number of hydrogen-bond donors (Lipinski definition) is 5. The minimum atomic E-state index is -1.33. The maximum absolute atomic E-state index is 8.78. The highest BCUT2D eigenvalue weighted by Crippen LogP contribution is 2.16. The van der Waals surface area contributed by atoms with Gasteiger partial charge >= 0.3 is 6.09 Å². The van der Waals surface area contributed by atoms with Crippen molar-refractivity contribution in [2.45, 2.75) is 0 Å². The number of anilines is 3. The van der Waals surface area contributed by atoms with Crippen LogP contribution in [-0.4, -0.2) is 11.2 Å². The first-order chi connectivity index (χ1) is 5.93. The van der Waals surface area contributed by atoms with Crippen LogP contribution >= 0.6 is 0 Å². The topological polar surface area (TPSA) is 141 Å². The standard InChI is InChI=1S/C6H9N3.CH3NO2/c7-4-1-2-5(8)6(9)3-4;2-1(3)4/h1-3H,7-9H2;2H2,(H,3,4). The summed E-state index contributed by atoms with van der Waals surface area (Å²) < 4.78 is 0. The molecule has 6 heteroatoms. The maximum Gasteiger partial charge on any atom is 0.402 e. The number of carboxylic acid groups (broad SMARTS) is 1. The molecule has 1 aromatic carbocycles. The Balaban J connectivity index is 0.000000310. The van der Waals surface area contributed by atoms with Gasteiger partial charge in [0.1, 0.15) is 0 Å². The van der Waals surface area contributed by atoms with Crippen molar-refractivity contribution < 1.29 is 9.90 Å². The van der Waals surface area contributed by atoms with Crippen LogP contribution in [0.5, 0.6) is 0 Å². The number of rotatable bonds is 0. The van der Waals surface area contributed by atoms with Gasteiger partial charge in [0, 0.05) is 5.69 Å². The van der Waals surface area contributed by atoms with Crippen LogP contribution in [0.1, 0.15) is 0 Å². The van der Waals surface area contributed by atoms with Crippen LogP contribution in [-0.2, 0) is 0 Å². The first kappa shape index (κ1) is 10.9. The second-order valence-electron chi connectivity index (χ2n) is 2.23. The lowest BCUT2D eigenvalue weighted by atomic mass is 10.2. The van der Waals surface area contributed by atoms with E-state index in [4.69, 9.17) is 27.1 Å². The third-order valence-electron chi connectivity index (χ3n) is 1.11. The second kappa shape index (κ2) is 4.70. The van der Waals surface area contributed by atoms with Crippen molar-refractivity contribution in [3.63, 3.8) is 0 Å². The Morgan fingerprint density at radius 2 is 1.62 bits per heavy atom. The minimum Gasteiger partial charge on any atom is -0.465 e. The van der Waals surface area contributed by atoms with Crippen LogP contribution in [0, 0.1) is 0 Å². The minimum absolute atomic E-state index is 0.537. The molecule has 0 heterocycles. The fraction of sp³-hybridized carbons (Fsp3) is 0. The Hall–Kier alpha value is -2.11. The number of amides is 1. The summed E-state index contributed by atoms with van der Waals surface area (Å²) in [6, 6.07) is 5.03. The second-order valence-corrected chi connectivity index (χ2v) is 2.23. The van der Waals surface area contributed by atoms with Gasteiger partial charge in [-0.15, -0.1) is 0 Å². The van der Waals surface area contributed by atoms with E-state index in [-0.39, 0.29) is 0 Å². The molecule has 6 nitrogen and oxygen atoms in total. The molecule has 0 aliphatic rings. The number of nitrogen functional groups attached to an aromatic ring is 3. The number of hydrogen-bond acceptors (Lipinski definition) is 4. The van der Waals surface area contributed by atoms with Gasteiger partial charge in [-0.25, -0.2) is 4.79 Å². The molecule has 9 N–H and O–H groups in total. The normalized spacial score (nSPS) is 8.31. The molecule has 0 radical (unpaired) electrons. The van der Waals surface area contributed by atoms with E-state index < -0.39 is 6.09 Å². The van der Waals surface area contributed by atoms with Crippen molar-refractivity contribution in [3.05, 3.63) is 18.2 Å². The Bertz CT molecular complexity index is 297. The maximum atomic E-state index is 8.78. The lowest BCUT2D eigenvalue weighted by Crippen LogP contribution is -2.03. The lowest BCUT2D eigenvalue weighted by Gasteiger charge is -1.98. The van der Waals surface area contributed by atoms with Crippen molar-refractivity contribution in [1.29, 1.82) is 0 Å². The zero-order valence-corrected chi connectivity index (χ0v) is 6.90. The van der Waals surface area contributed by atoms with Crippen molar-refractivity contribution in [1.82, 2.24) is 0 Å². The highest BCUT2D eigenvalue weighted by molar-refractivity contribution is 5.68. The van der Waals surface area contributed by atoms with Crippen LogP contribution in [0.25, 0.3) is 0 Å². The van der Waals surface area contributed by atoms with Gasteiger partial charge < -0.3 is 28.0 Å². The van der Waals surface area contributed by atoms with E-state index in [9.17, 15) is 0 Å². The van der Waals surface area contributed by atoms with E-state index in [0.717, 1.165) is 0 Å². The van der Waals surface area contributed by atoms with E-state index in [2.05, 4.69) is 5.73 Å². The average molecular weight is 184 g/mol. The van der Waals surface area contributed by atoms with Gasteiger partial charge in [0.25, 0.3) is 0 Å². The Morgan fingerprint density at radius 1 is 1.15 bits per heavy atom. The highest BCUT2D eigenvalue weighted by Gasteiger charge is 1.90. The van der Waals surface area contributed by atoms with Crippen LogP contribution in [0.2, 0.25) is 0 Å². The van der Waals surface area contributed by atoms with Crippen molar-refractivity contribution in [3.8, 4) is 0 Å². The summed E-state index contributed by atoms with van der Waals surface area (Å²) >= 11 is 0. The Kier molecular flexibility index (Phi) is 3.94. The summed E-state index contributed by atoms with van der Waals surface area (Å²) in [6.45, 7) is 0. The van der Waals surface area contributed by atoms with E-state index in [0.29, 0.717) is 17.1 Å². The Morgan fingerprint density at radius 3 is 1.92 bits per heavy atom. The van der Waals surface area contributed by atoms with E-state index in [1.165, 1.54) is 0 Å². The predicted octanol–water partition coefficient (Wildman–Crippen LogP) is 0.0563. The summed E-state index contributed by atoms with van der Waals surface area (Å²) in [5.74, 6) is 0. The van der Waals surface area contributed by atoms with Crippen LogP contribution in [0.15, 0.2) is 18.2 Å². The van der Waals surface area contributed by atoms with E-state index >= 15 is 0 Å². The van der Waals surface area contributed by atoms with Crippen LogP contribution in [0.3, 0.4) is 0 Å². The predicted molar refractivity (Wildman–Crippen MR) is 51.9 cm³/mol. The third kappa shape index (κ3) is 5.19. The van der Waals surface area contributed by atoms with Gasteiger partial charge in [0.15, 0.2) is 0 Å². The monoisotopic (exact) mass is 184 g/mol. The molecule has 0 saturated heterocycles. The quantitative estimate of drug-likeness (QED) is 0.362.